The quantitative estimate of drug-likeness (QED) is 0.535. The van der Waals surface area contributed by atoms with Crippen molar-refractivity contribution in [3.05, 3.63) is 23.0 Å². The highest BCUT2D eigenvalue weighted by Crippen LogP contribution is 2.21. The molecule has 1 unspecified atom stereocenters. The molecular weight excluding hydrogens is 128 g/mol. The Labute approximate surface area is 60.5 Å². The van der Waals surface area contributed by atoms with E-state index in [0.29, 0.717) is 12.0 Å². The zero-order chi connectivity index (χ0) is 7.72. The molecule has 0 saturated heterocycles. The Kier molecular flexibility index (Phi) is 1.81. The molecule has 2 N–H and O–H groups in total. The fraction of sp³-hybridized carbons (Fsp3) is 0.500. The van der Waals surface area contributed by atoms with E-state index in [-0.39, 0.29) is 5.76 Å². The van der Waals surface area contributed by atoms with E-state index in [1.54, 1.807) is 13.0 Å². The number of aliphatic hydroxyl groups is 2. The van der Waals surface area contributed by atoms with Crippen LogP contribution >= 0.6 is 0 Å². The largest absolute Gasteiger partial charge is 0.508 e. The average molecular weight is 140 g/mol. The lowest BCUT2D eigenvalue weighted by Gasteiger charge is -2.17. The summed E-state index contributed by atoms with van der Waals surface area (Å²) in [6, 6.07) is 0. The van der Waals surface area contributed by atoms with Gasteiger partial charge in [0.15, 0.2) is 0 Å². The molecule has 0 aromatic heterocycles. The van der Waals surface area contributed by atoms with Crippen LogP contribution in [0.3, 0.4) is 0 Å². The lowest BCUT2D eigenvalue weighted by molar-refractivity contribution is 0.200. The minimum absolute atomic E-state index is 0.219. The number of hydrogen-bond acceptors (Lipinski definition) is 2. The van der Waals surface area contributed by atoms with Gasteiger partial charge in [0.05, 0.1) is 6.10 Å². The Morgan fingerprint density at radius 2 is 2.10 bits per heavy atom. The second-order valence-corrected chi connectivity index (χ2v) is 2.78. The number of hydrogen-bond donors (Lipinski definition) is 2. The summed E-state index contributed by atoms with van der Waals surface area (Å²) in [5.41, 5.74) is 1.70. The summed E-state index contributed by atoms with van der Waals surface area (Å²) in [5.74, 6) is 0.219. The van der Waals surface area contributed by atoms with Gasteiger partial charge in [0, 0.05) is 0 Å². The van der Waals surface area contributed by atoms with Crippen molar-refractivity contribution in [1.29, 1.82) is 0 Å². The van der Waals surface area contributed by atoms with Crippen LogP contribution in [0.4, 0.5) is 0 Å². The molecular formula is C8H12O2. The van der Waals surface area contributed by atoms with Crippen molar-refractivity contribution in [2.75, 3.05) is 0 Å². The number of allylic oxidation sites excluding steroid dienone is 1. The van der Waals surface area contributed by atoms with Crippen LogP contribution in [-0.4, -0.2) is 16.3 Å². The highest BCUT2D eigenvalue weighted by Gasteiger charge is 2.15. The van der Waals surface area contributed by atoms with Gasteiger partial charge in [-0.15, -0.1) is 0 Å². The van der Waals surface area contributed by atoms with E-state index in [1.165, 1.54) is 0 Å². The van der Waals surface area contributed by atoms with Gasteiger partial charge in [-0.3, -0.25) is 0 Å². The minimum Gasteiger partial charge on any atom is -0.508 e. The monoisotopic (exact) mass is 140 g/mol. The van der Waals surface area contributed by atoms with Gasteiger partial charge in [-0.05, 0) is 31.9 Å². The minimum atomic E-state index is -0.481. The topological polar surface area (TPSA) is 40.5 Å². The Hall–Kier alpha value is -0.760. The molecule has 0 spiro atoms. The molecule has 0 heterocycles. The molecule has 0 aromatic rings. The molecule has 0 radical (unpaired) electrons. The third-order valence-electron chi connectivity index (χ3n) is 1.80. The van der Waals surface area contributed by atoms with Gasteiger partial charge in [0.1, 0.15) is 5.76 Å². The highest BCUT2D eigenvalue weighted by atomic mass is 16.3. The summed E-state index contributed by atoms with van der Waals surface area (Å²) in [5, 5.41) is 18.4. The van der Waals surface area contributed by atoms with E-state index in [1.807, 2.05) is 6.92 Å². The first-order valence-corrected chi connectivity index (χ1v) is 3.36. The molecule has 0 fully saturated rings. The van der Waals surface area contributed by atoms with Crippen LogP contribution in [0.25, 0.3) is 0 Å². The van der Waals surface area contributed by atoms with Crippen LogP contribution < -0.4 is 0 Å². The summed E-state index contributed by atoms with van der Waals surface area (Å²) in [4.78, 5) is 0. The predicted molar refractivity (Wildman–Crippen MR) is 39.7 cm³/mol. The molecule has 0 saturated carbocycles. The van der Waals surface area contributed by atoms with E-state index >= 15 is 0 Å². The molecule has 1 atom stereocenters. The third-order valence-corrected chi connectivity index (χ3v) is 1.80. The van der Waals surface area contributed by atoms with Crippen LogP contribution in [0, 0.1) is 0 Å². The third kappa shape index (κ3) is 1.21. The van der Waals surface area contributed by atoms with Crippen molar-refractivity contribution in [2.24, 2.45) is 0 Å². The second kappa shape index (κ2) is 2.46. The van der Waals surface area contributed by atoms with E-state index < -0.39 is 6.10 Å². The fourth-order valence-corrected chi connectivity index (χ4v) is 1.03. The maximum absolute atomic E-state index is 9.26. The lowest BCUT2D eigenvalue weighted by atomic mass is 9.96. The maximum atomic E-state index is 9.26. The van der Waals surface area contributed by atoms with E-state index in [4.69, 9.17) is 5.11 Å². The zero-order valence-corrected chi connectivity index (χ0v) is 6.26. The molecule has 0 aliphatic heterocycles. The molecule has 1 aliphatic rings. The fourth-order valence-electron chi connectivity index (χ4n) is 1.03. The average Bonchev–Trinajstić information content (AvgIpc) is 1.82. The van der Waals surface area contributed by atoms with Crippen LogP contribution in [-0.2, 0) is 0 Å². The van der Waals surface area contributed by atoms with Gasteiger partial charge in [-0.25, -0.2) is 0 Å². The standard InChI is InChI=1S/C8H12O2/c1-5-3-7(9)6(2)8(10)4-5/h3,8-10H,4H2,1-2H3. The lowest BCUT2D eigenvalue weighted by Crippen LogP contribution is -2.14. The van der Waals surface area contributed by atoms with Crippen molar-refractivity contribution in [2.45, 2.75) is 26.4 Å². The first-order valence-electron chi connectivity index (χ1n) is 3.36. The SMILES string of the molecule is CC1=CC(O)=C(C)C(O)C1. The second-order valence-electron chi connectivity index (χ2n) is 2.78. The van der Waals surface area contributed by atoms with Gasteiger partial charge in [-0.2, -0.15) is 0 Å². The first-order chi connectivity index (χ1) is 4.61. The van der Waals surface area contributed by atoms with Gasteiger partial charge >= 0.3 is 0 Å². The first kappa shape index (κ1) is 7.35. The Balaban J connectivity index is 2.92. The van der Waals surface area contributed by atoms with Crippen LogP contribution in [0.2, 0.25) is 0 Å². The maximum Gasteiger partial charge on any atom is 0.117 e. The van der Waals surface area contributed by atoms with Crippen molar-refractivity contribution in [3.8, 4) is 0 Å². The van der Waals surface area contributed by atoms with Crippen molar-refractivity contribution in [1.82, 2.24) is 0 Å². The number of aliphatic hydroxyl groups excluding tert-OH is 2. The normalized spacial score (nSPS) is 26.7. The predicted octanol–water partition coefficient (Wildman–Crippen LogP) is 1.53. The Morgan fingerprint density at radius 3 is 2.60 bits per heavy atom. The van der Waals surface area contributed by atoms with Gasteiger partial charge < -0.3 is 10.2 Å². The van der Waals surface area contributed by atoms with Gasteiger partial charge in [0.25, 0.3) is 0 Å². The highest BCUT2D eigenvalue weighted by molar-refractivity contribution is 5.29. The molecule has 2 nitrogen and oxygen atoms in total. The van der Waals surface area contributed by atoms with Crippen LogP contribution in [0.1, 0.15) is 20.3 Å². The smallest absolute Gasteiger partial charge is 0.117 e. The zero-order valence-electron chi connectivity index (χ0n) is 6.26. The van der Waals surface area contributed by atoms with Crippen molar-refractivity contribution >= 4 is 0 Å². The van der Waals surface area contributed by atoms with E-state index in [9.17, 15) is 5.11 Å². The molecule has 1 aliphatic carbocycles. The molecule has 0 amide bonds. The molecule has 0 bridgehead atoms. The summed E-state index contributed by atoms with van der Waals surface area (Å²) < 4.78 is 0. The summed E-state index contributed by atoms with van der Waals surface area (Å²) >= 11 is 0. The molecule has 56 valence electrons. The van der Waals surface area contributed by atoms with Crippen LogP contribution in [0.5, 0.6) is 0 Å². The van der Waals surface area contributed by atoms with Crippen molar-refractivity contribution < 1.29 is 10.2 Å². The molecule has 2 heteroatoms. The summed E-state index contributed by atoms with van der Waals surface area (Å²) in [7, 11) is 0. The van der Waals surface area contributed by atoms with Crippen LogP contribution in [0.15, 0.2) is 23.0 Å². The molecule has 1 rings (SSSR count). The van der Waals surface area contributed by atoms with Gasteiger partial charge in [-0.1, -0.05) is 5.57 Å². The Bertz CT molecular complexity index is 201. The number of rotatable bonds is 0. The molecule has 0 aromatic carbocycles. The summed E-state index contributed by atoms with van der Waals surface area (Å²) in [6.45, 7) is 3.63. The Morgan fingerprint density at radius 1 is 1.50 bits per heavy atom. The van der Waals surface area contributed by atoms with E-state index in [0.717, 1.165) is 5.57 Å². The van der Waals surface area contributed by atoms with E-state index in [2.05, 4.69) is 0 Å². The van der Waals surface area contributed by atoms with Gasteiger partial charge in [0.2, 0.25) is 0 Å². The molecule has 10 heavy (non-hydrogen) atoms. The summed E-state index contributed by atoms with van der Waals surface area (Å²) in [6.07, 6.45) is 1.86. The van der Waals surface area contributed by atoms with Crippen molar-refractivity contribution in [3.63, 3.8) is 0 Å².